The summed E-state index contributed by atoms with van der Waals surface area (Å²) in [6.07, 6.45) is 1.33. The van der Waals surface area contributed by atoms with E-state index in [4.69, 9.17) is 0 Å². The van der Waals surface area contributed by atoms with E-state index in [0.29, 0.717) is 5.56 Å². The second kappa shape index (κ2) is 1.82. The monoisotopic (exact) mass is 109 g/mol. The van der Waals surface area contributed by atoms with Crippen molar-refractivity contribution in [2.45, 2.75) is 0 Å². The van der Waals surface area contributed by atoms with Gasteiger partial charge in [-0.25, -0.2) is 4.79 Å². The molecular formula is C6H5O2. The molecule has 41 valence electrons. The van der Waals surface area contributed by atoms with Gasteiger partial charge in [-0.2, -0.15) is 0 Å². The highest BCUT2D eigenvalue weighted by atomic mass is 16.4. The highest BCUT2D eigenvalue weighted by Gasteiger charge is 1.86. The first kappa shape index (κ1) is 5.09. The van der Waals surface area contributed by atoms with Gasteiger partial charge in [-0.3, -0.25) is 0 Å². The smallest absolute Gasteiger partial charge is 0.338 e. The first-order valence-corrected chi connectivity index (χ1v) is 2.20. The summed E-state index contributed by atoms with van der Waals surface area (Å²) >= 11 is 0. The Balaban J connectivity index is 3.35. The second-order valence-corrected chi connectivity index (χ2v) is 1.43. The van der Waals surface area contributed by atoms with Crippen molar-refractivity contribution in [1.29, 1.82) is 0 Å². The van der Waals surface area contributed by atoms with Crippen LogP contribution in [0.4, 0.5) is 0 Å². The van der Waals surface area contributed by atoms with Crippen LogP contribution in [-0.2, 0) is 0 Å². The lowest BCUT2D eigenvalue weighted by Gasteiger charge is -1.81. The number of hydrogen-bond donors (Lipinski definition) is 0. The summed E-state index contributed by atoms with van der Waals surface area (Å²) in [5.41, 5.74) is 0.0278. The zero-order valence-corrected chi connectivity index (χ0v) is 4.26. The molecule has 2 nitrogen and oxygen atoms in total. The Morgan fingerprint density at radius 3 is 2.75 bits per heavy atom. The maximum absolute atomic E-state index is 10.4. The molecule has 1 aromatic heterocycles. The molecule has 0 spiro atoms. The fraction of sp³-hybridized carbons (Fsp3) is 0. The molecule has 0 saturated carbocycles. The molecule has 1 rings (SSSR count). The predicted molar refractivity (Wildman–Crippen MR) is 29.4 cm³/mol. The van der Waals surface area contributed by atoms with Crippen LogP contribution in [0.25, 0.3) is 0 Å². The third kappa shape index (κ3) is 0.780. The summed E-state index contributed by atoms with van der Waals surface area (Å²) in [4.78, 5) is 10.4. The van der Waals surface area contributed by atoms with Crippen molar-refractivity contribution < 1.29 is 4.42 Å². The van der Waals surface area contributed by atoms with Crippen LogP contribution in [0.1, 0.15) is 5.56 Å². The van der Waals surface area contributed by atoms with Gasteiger partial charge in [0.05, 0.1) is 6.26 Å². The van der Waals surface area contributed by atoms with Crippen molar-refractivity contribution in [3.8, 4) is 0 Å². The average Bonchev–Trinajstić information content (AvgIpc) is 1.77. The topological polar surface area (TPSA) is 30.2 Å². The Labute approximate surface area is 46.8 Å². The molecule has 1 radical (unpaired) electrons. The summed E-state index contributed by atoms with van der Waals surface area (Å²) < 4.78 is 4.44. The van der Waals surface area contributed by atoms with E-state index in [9.17, 15) is 4.79 Å². The van der Waals surface area contributed by atoms with Crippen LogP contribution in [0, 0.1) is 6.92 Å². The predicted octanol–water partition coefficient (Wildman–Crippen LogP) is 0.822. The molecule has 0 saturated heterocycles. The highest BCUT2D eigenvalue weighted by molar-refractivity contribution is 5.09. The van der Waals surface area contributed by atoms with Gasteiger partial charge in [0.2, 0.25) is 0 Å². The van der Waals surface area contributed by atoms with Gasteiger partial charge in [-0.05, 0) is 19.1 Å². The van der Waals surface area contributed by atoms with Gasteiger partial charge in [0, 0.05) is 5.56 Å². The van der Waals surface area contributed by atoms with E-state index in [-0.39, 0.29) is 5.63 Å². The molecular weight excluding hydrogens is 104 g/mol. The van der Waals surface area contributed by atoms with Gasteiger partial charge in [0.25, 0.3) is 0 Å². The molecule has 0 aromatic carbocycles. The van der Waals surface area contributed by atoms with Crippen LogP contribution in [0.15, 0.2) is 27.6 Å². The van der Waals surface area contributed by atoms with Gasteiger partial charge in [-0.15, -0.1) is 0 Å². The summed E-state index contributed by atoms with van der Waals surface area (Å²) in [5, 5.41) is 0. The lowest BCUT2D eigenvalue weighted by Crippen LogP contribution is -1.99. The van der Waals surface area contributed by atoms with Crippen molar-refractivity contribution in [1.82, 2.24) is 0 Å². The first-order chi connectivity index (χ1) is 3.80. The molecule has 0 aliphatic carbocycles. The molecule has 0 N–H and O–H groups in total. The maximum Gasteiger partial charge on any atom is 0.338 e. The Hall–Kier alpha value is -1.05. The Morgan fingerprint density at radius 1 is 1.62 bits per heavy atom. The lowest BCUT2D eigenvalue weighted by atomic mass is 10.3. The van der Waals surface area contributed by atoms with Gasteiger partial charge >= 0.3 is 5.63 Å². The average molecular weight is 109 g/mol. The highest BCUT2D eigenvalue weighted by Crippen LogP contribution is 1.84. The van der Waals surface area contributed by atoms with Crippen molar-refractivity contribution >= 4 is 0 Å². The number of hydrogen-bond acceptors (Lipinski definition) is 2. The molecule has 0 unspecified atom stereocenters. The van der Waals surface area contributed by atoms with Gasteiger partial charge in [0.15, 0.2) is 0 Å². The molecule has 0 amide bonds. The van der Waals surface area contributed by atoms with E-state index < -0.39 is 0 Å². The van der Waals surface area contributed by atoms with E-state index in [1.165, 1.54) is 6.26 Å². The molecule has 0 aliphatic heterocycles. The summed E-state index contributed by atoms with van der Waals surface area (Å²) in [5.74, 6) is 0. The molecule has 0 aliphatic rings. The van der Waals surface area contributed by atoms with Crippen LogP contribution >= 0.6 is 0 Å². The lowest BCUT2D eigenvalue weighted by molar-refractivity contribution is 0.508. The van der Waals surface area contributed by atoms with E-state index in [1.54, 1.807) is 12.1 Å². The first-order valence-electron chi connectivity index (χ1n) is 2.20. The van der Waals surface area contributed by atoms with Crippen LogP contribution in [0.2, 0.25) is 0 Å². The second-order valence-electron chi connectivity index (χ2n) is 1.43. The zero-order chi connectivity index (χ0) is 5.98. The van der Waals surface area contributed by atoms with Crippen molar-refractivity contribution in [2.24, 2.45) is 0 Å². The van der Waals surface area contributed by atoms with Gasteiger partial charge in [-0.1, -0.05) is 0 Å². The fourth-order valence-corrected chi connectivity index (χ4v) is 0.400. The molecule has 1 aromatic rings. The molecule has 0 bridgehead atoms. The Kier molecular flexibility index (Phi) is 1.16. The van der Waals surface area contributed by atoms with Gasteiger partial charge < -0.3 is 4.42 Å². The Bertz CT molecular complexity index is 224. The van der Waals surface area contributed by atoms with E-state index >= 15 is 0 Å². The largest absolute Gasteiger partial charge is 0.431 e. The minimum absolute atomic E-state index is 0.368. The normalized spacial score (nSPS) is 9.12. The minimum Gasteiger partial charge on any atom is -0.431 e. The van der Waals surface area contributed by atoms with E-state index in [1.807, 2.05) is 0 Å². The third-order valence-corrected chi connectivity index (χ3v) is 0.813. The minimum atomic E-state index is -0.368. The summed E-state index contributed by atoms with van der Waals surface area (Å²) in [6.45, 7) is 3.41. The Morgan fingerprint density at radius 2 is 2.38 bits per heavy atom. The van der Waals surface area contributed by atoms with Crippen LogP contribution in [0.5, 0.6) is 0 Å². The molecule has 0 fully saturated rings. The molecule has 1 heterocycles. The fourth-order valence-electron chi connectivity index (χ4n) is 0.400. The number of rotatable bonds is 0. The zero-order valence-electron chi connectivity index (χ0n) is 4.26. The molecule has 0 atom stereocenters. The van der Waals surface area contributed by atoms with E-state index in [2.05, 4.69) is 11.3 Å². The van der Waals surface area contributed by atoms with Crippen LogP contribution in [0.3, 0.4) is 0 Å². The third-order valence-electron chi connectivity index (χ3n) is 0.813. The quantitative estimate of drug-likeness (QED) is 0.493. The molecule has 8 heavy (non-hydrogen) atoms. The van der Waals surface area contributed by atoms with Crippen LogP contribution < -0.4 is 5.63 Å². The summed E-state index contributed by atoms with van der Waals surface area (Å²) in [7, 11) is 0. The van der Waals surface area contributed by atoms with E-state index in [0.717, 1.165) is 0 Å². The van der Waals surface area contributed by atoms with Crippen molar-refractivity contribution in [3.63, 3.8) is 0 Å². The van der Waals surface area contributed by atoms with Crippen molar-refractivity contribution in [3.05, 3.63) is 41.3 Å². The summed E-state index contributed by atoms with van der Waals surface area (Å²) in [6, 6.07) is 3.23. The van der Waals surface area contributed by atoms with Gasteiger partial charge in [0.1, 0.15) is 0 Å². The SMILES string of the molecule is [CH2]c1cccoc1=O. The molecule has 2 heteroatoms. The van der Waals surface area contributed by atoms with Crippen molar-refractivity contribution in [2.75, 3.05) is 0 Å². The maximum atomic E-state index is 10.4. The van der Waals surface area contributed by atoms with Crippen LogP contribution in [-0.4, -0.2) is 0 Å². The standard InChI is InChI=1S/C6H5O2/c1-5-3-2-4-8-6(5)7/h2-4H,1H2.